The van der Waals surface area contributed by atoms with Gasteiger partial charge in [0.05, 0.1) is 12.5 Å². The number of carbonyl (C=O) groups is 2. The molecule has 1 aromatic rings. The van der Waals surface area contributed by atoms with Crippen molar-refractivity contribution in [3.63, 3.8) is 0 Å². The fourth-order valence-electron chi connectivity index (χ4n) is 2.55. The van der Waals surface area contributed by atoms with E-state index in [1.807, 2.05) is 0 Å². The van der Waals surface area contributed by atoms with Gasteiger partial charge in [0.1, 0.15) is 11.6 Å². The molecular weight excluding hydrogens is 235 g/mol. The van der Waals surface area contributed by atoms with Gasteiger partial charge in [-0.15, -0.1) is 0 Å². The first kappa shape index (κ1) is 12.7. The molecule has 0 aliphatic heterocycles. The topological polar surface area (TPSA) is 43.4 Å². The molecule has 18 heavy (non-hydrogen) atoms. The average Bonchev–Trinajstić information content (AvgIpc) is 2.39. The molecule has 1 saturated carbocycles. The van der Waals surface area contributed by atoms with E-state index in [0.29, 0.717) is 31.2 Å². The molecule has 4 heteroatoms. The van der Waals surface area contributed by atoms with Crippen LogP contribution >= 0.6 is 0 Å². The van der Waals surface area contributed by atoms with E-state index in [2.05, 4.69) is 0 Å². The van der Waals surface area contributed by atoms with Gasteiger partial charge in [-0.3, -0.25) is 9.59 Å². The molecule has 0 heterocycles. The van der Waals surface area contributed by atoms with Gasteiger partial charge in [-0.05, 0) is 30.5 Å². The van der Waals surface area contributed by atoms with Crippen molar-refractivity contribution in [1.82, 2.24) is 0 Å². The number of esters is 1. The zero-order valence-electron chi connectivity index (χ0n) is 10.2. The first-order valence-electron chi connectivity index (χ1n) is 5.95. The standard InChI is InChI=1S/C14H15FO3/c1-18-13(17)14(7-5-12(16)6-8-14)10-3-2-4-11(15)9-10/h2-4,9H,5-8H2,1H3. The normalized spacial score (nSPS) is 18.4. The number of halogens is 1. The van der Waals surface area contributed by atoms with E-state index < -0.39 is 5.41 Å². The van der Waals surface area contributed by atoms with E-state index in [1.54, 1.807) is 12.1 Å². The molecule has 0 unspecified atom stereocenters. The number of rotatable bonds is 2. The Kier molecular flexibility index (Phi) is 3.45. The maximum Gasteiger partial charge on any atom is 0.316 e. The lowest BCUT2D eigenvalue weighted by atomic mass is 9.69. The van der Waals surface area contributed by atoms with Crippen LogP contribution in [-0.4, -0.2) is 18.9 Å². The van der Waals surface area contributed by atoms with E-state index in [9.17, 15) is 14.0 Å². The number of ether oxygens (including phenoxy) is 1. The number of ketones is 1. The summed E-state index contributed by atoms with van der Waals surface area (Å²) in [7, 11) is 1.32. The summed E-state index contributed by atoms with van der Waals surface area (Å²) in [6, 6.07) is 5.98. The molecule has 0 bridgehead atoms. The maximum absolute atomic E-state index is 13.3. The third-order valence-electron chi connectivity index (χ3n) is 3.61. The lowest BCUT2D eigenvalue weighted by Gasteiger charge is -2.34. The number of Topliss-reactive ketones (excluding diaryl/α,β-unsaturated/α-hetero) is 1. The van der Waals surface area contributed by atoms with Gasteiger partial charge in [0.25, 0.3) is 0 Å². The molecule has 0 atom stereocenters. The Morgan fingerprint density at radius 1 is 1.33 bits per heavy atom. The molecule has 0 N–H and O–H groups in total. The summed E-state index contributed by atoms with van der Waals surface area (Å²) in [4.78, 5) is 23.4. The summed E-state index contributed by atoms with van der Waals surface area (Å²) in [5, 5.41) is 0. The molecule has 0 saturated heterocycles. The number of hydrogen-bond acceptors (Lipinski definition) is 3. The minimum Gasteiger partial charge on any atom is -0.468 e. The van der Waals surface area contributed by atoms with Crippen LogP contribution in [0.1, 0.15) is 31.2 Å². The van der Waals surface area contributed by atoms with Crippen LogP contribution in [0.4, 0.5) is 4.39 Å². The highest BCUT2D eigenvalue weighted by Gasteiger charge is 2.44. The largest absolute Gasteiger partial charge is 0.468 e. The van der Waals surface area contributed by atoms with Crippen LogP contribution in [0.15, 0.2) is 24.3 Å². The van der Waals surface area contributed by atoms with E-state index >= 15 is 0 Å². The molecular formula is C14H15FO3. The summed E-state index contributed by atoms with van der Waals surface area (Å²) in [5.74, 6) is -0.626. The summed E-state index contributed by atoms with van der Waals surface area (Å²) < 4.78 is 18.2. The highest BCUT2D eigenvalue weighted by Crippen LogP contribution is 2.39. The smallest absolute Gasteiger partial charge is 0.316 e. The molecule has 96 valence electrons. The van der Waals surface area contributed by atoms with Gasteiger partial charge >= 0.3 is 5.97 Å². The van der Waals surface area contributed by atoms with Crippen LogP contribution in [-0.2, 0) is 19.7 Å². The Morgan fingerprint density at radius 2 is 2.00 bits per heavy atom. The number of benzene rings is 1. The van der Waals surface area contributed by atoms with E-state index in [4.69, 9.17) is 4.74 Å². The average molecular weight is 250 g/mol. The van der Waals surface area contributed by atoms with Crippen LogP contribution in [0.25, 0.3) is 0 Å². The summed E-state index contributed by atoms with van der Waals surface area (Å²) in [5.41, 5.74) is -0.271. The Morgan fingerprint density at radius 3 is 2.56 bits per heavy atom. The lowest BCUT2D eigenvalue weighted by Crippen LogP contribution is -2.40. The van der Waals surface area contributed by atoms with Crippen molar-refractivity contribution in [3.8, 4) is 0 Å². The van der Waals surface area contributed by atoms with E-state index in [-0.39, 0.29) is 17.6 Å². The quantitative estimate of drug-likeness (QED) is 0.757. The van der Waals surface area contributed by atoms with Gasteiger partial charge < -0.3 is 4.74 Å². The van der Waals surface area contributed by atoms with E-state index in [0.717, 1.165) is 0 Å². The van der Waals surface area contributed by atoms with Crippen molar-refractivity contribution in [2.24, 2.45) is 0 Å². The highest BCUT2D eigenvalue weighted by molar-refractivity contribution is 5.88. The van der Waals surface area contributed by atoms with Crippen LogP contribution in [0.5, 0.6) is 0 Å². The first-order chi connectivity index (χ1) is 8.58. The molecule has 1 aliphatic rings. The van der Waals surface area contributed by atoms with Crippen LogP contribution < -0.4 is 0 Å². The predicted octanol–water partition coefficient (Wildman–Crippen LogP) is 2.38. The third kappa shape index (κ3) is 2.15. The van der Waals surface area contributed by atoms with Crippen molar-refractivity contribution in [2.75, 3.05) is 7.11 Å². The molecule has 3 nitrogen and oxygen atoms in total. The molecule has 0 amide bonds. The van der Waals surface area contributed by atoms with Gasteiger partial charge in [0.2, 0.25) is 0 Å². The Bertz CT molecular complexity index is 472. The molecule has 2 rings (SSSR count). The number of methoxy groups -OCH3 is 1. The Hall–Kier alpha value is -1.71. The zero-order chi connectivity index (χ0) is 13.2. The van der Waals surface area contributed by atoms with Gasteiger partial charge in [-0.1, -0.05) is 12.1 Å². The molecule has 1 aliphatic carbocycles. The van der Waals surface area contributed by atoms with Crippen molar-refractivity contribution in [2.45, 2.75) is 31.1 Å². The fourth-order valence-corrected chi connectivity index (χ4v) is 2.55. The van der Waals surface area contributed by atoms with E-state index in [1.165, 1.54) is 19.2 Å². The minimum absolute atomic E-state index is 0.144. The second-order valence-electron chi connectivity index (χ2n) is 4.62. The van der Waals surface area contributed by atoms with Gasteiger partial charge in [0, 0.05) is 12.8 Å². The van der Waals surface area contributed by atoms with Crippen LogP contribution in [0.3, 0.4) is 0 Å². The molecule has 1 fully saturated rings. The summed E-state index contributed by atoms with van der Waals surface area (Å²) >= 11 is 0. The zero-order valence-corrected chi connectivity index (χ0v) is 10.2. The van der Waals surface area contributed by atoms with Crippen molar-refractivity contribution >= 4 is 11.8 Å². The number of carbonyl (C=O) groups excluding carboxylic acids is 2. The third-order valence-corrected chi connectivity index (χ3v) is 3.61. The second kappa shape index (κ2) is 4.88. The predicted molar refractivity (Wildman–Crippen MR) is 63.6 cm³/mol. The lowest BCUT2D eigenvalue weighted by molar-refractivity contribution is -0.149. The second-order valence-corrected chi connectivity index (χ2v) is 4.62. The van der Waals surface area contributed by atoms with Crippen molar-refractivity contribution in [1.29, 1.82) is 0 Å². The van der Waals surface area contributed by atoms with Gasteiger partial charge in [-0.2, -0.15) is 0 Å². The highest BCUT2D eigenvalue weighted by atomic mass is 19.1. The Balaban J connectivity index is 2.42. The SMILES string of the molecule is COC(=O)C1(c2cccc(F)c2)CCC(=O)CC1. The van der Waals surface area contributed by atoms with Crippen molar-refractivity contribution < 1.29 is 18.7 Å². The number of hydrogen-bond donors (Lipinski definition) is 0. The molecule has 0 aromatic heterocycles. The molecule has 0 spiro atoms. The Labute approximate surface area is 105 Å². The summed E-state index contributed by atoms with van der Waals surface area (Å²) in [6.45, 7) is 0. The monoisotopic (exact) mass is 250 g/mol. The molecule has 0 radical (unpaired) electrons. The van der Waals surface area contributed by atoms with Gasteiger partial charge in [-0.25, -0.2) is 4.39 Å². The first-order valence-corrected chi connectivity index (χ1v) is 5.95. The molecule has 1 aromatic carbocycles. The minimum atomic E-state index is -0.870. The van der Waals surface area contributed by atoms with Crippen molar-refractivity contribution in [3.05, 3.63) is 35.6 Å². The van der Waals surface area contributed by atoms with Crippen LogP contribution in [0.2, 0.25) is 0 Å². The maximum atomic E-state index is 13.3. The fraction of sp³-hybridized carbons (Fsp3) is 0.429. The summed E-state index contributed by atoms with van der Waals surface area (Å²) in [6.07, 6.45) is 1.46. The van der Waals surface area contributed by atoms with Crippen LogP contribution in [0, 0.1) is 5.82 Å². The van der Waals surface area contributed by atoms with Gasteiger partial charge in [0.15, 0.2) is 0 Å².